The molecule has 184 valence electrons. The number of fused-ring (bicyclic) bond motifs is 1. The molecule has 4 aromatic rings. The van der Waals surface area contributed by atoms with Crippen LogP contribution in [0.4, 0.5) is 17.3 Å². The number of halogens is 1. The Balaban J connectivity index is 1.26. The van der Waals surface area contributed by atoms with E-state index in [2.05, 4.69) is 40.7 Å². The summed E-state index contributed by atoms with van der Waals surface area (Å²) in [4.78, 5) is 19.7. The molecule has 2 aromatic heterocycles. The van der Waals surface area contributed by atoms with Gasteiger partial charge in [0.2, 0.25) is 0 Å². The maximum Gasteiger partial charge on any atom is 0.176 e. The topological polar surface area (TPSA) is 110 Å². The second kappa shape index (κ2) is 11.7. The normalized spacial score (nSPS) is 14.2. The van der Waals surface area contributed by atoms with Crippen LogP contribution in [0, 0.1) is 0 Å². The Labute approximate surface area is 213 Å². The molecule has 2 aromatic carbocycles. The number of morpholine rings is 1. The number of nitrogens with zero attached hydrogens (tertiary/aromatic N) is 6. The summed E-state index contributed by atoms with van der Waals surface area (Å²) in [6, 6.07) is 15.1. The second-order valence-electron chi connectivity index (χ2n) is 8.02. The van der Waals surface area contributed by atoms with Crippen molar-refractivity contribution >= 4 is 46.2 Å². The smallest absolute Gasteiger partial charge is 0.176 e. The van der Waals surface area contributed by atoms with E-state index < -0.39 is 0 Å². The summed E-state index contributed by atoms with van der Waals surface area (Å²) < 4.78 is 11.4. The van der Waals surface area contributed by atoms with E-state index in [0.29, 0.717) is 34.3 Å². The zero-order valence-electron chi connectivity index (χ0n) is 19.5. The summed E-state index contributed by atoms with van der Waals surface area (Å²) in [6.07, 6.45) is 4.56. The van der Waals surface area contributed by atoms with Crippen molar-refractivity contribution in [3.8, 4) is 5.75 Å². The summed E-state index contributed by atoms with van der Waals surface area (Å²) in [5, 5.41) is 8.21. The third kappa shape index (κ3) is 6.22. The van der Waals surface area contributed by atoms with Crippen LogP contribution in [-0.2, 0) is 4.74 Å². The van der Waals surface area contributed by atoms with Crippen LogP contribution in [-0.4, -0.2) is 70.5 Å². The molecule has 1 saturated heterocycles. The molecule has 0 unspecified atom stereocenters. The molecule has 11 heteroatoms. The van der Waals surface area contributed by atoms with Crippen molar-refractivity contribution in [2.75, 3.05) is 50.2 Å². The Morgan fingerprint density at radius 3 is 2.58 bits per heavy atom. The molecule has 0 atom stereocenters. The van der Waals surface area contributed by atoms with Crippen LogP contribution >= 0.6 is 11.6 Å². The first-order valence-corrected chi connectivity index (χ1v) is 11.9. The van der Waals surface area contributed by atoms with E-state index >= 15 is 0 Å². The summed E-state index contributed by atoms with van der Waals surface area (Å²) >= 11 is 6.03. The van der Waals surface area contributed by atoms with Gasteiger partial charge in [-0.05, 0) is 29.8 Å². The fraction of sp³-hybridized carbons (Fsp3) is 0.240. The van der Waals surface area contributed by atoms with Gasteiger partial charge in [-0.1, -0.05) is 29.8 Å². The number of benzene rings is 2. The molecule has 0 bridgehead atoms. The molecule has 3 heterocycles. The number of anilines is 3. The van der Waals surface area contributed by atoms with Gasteiger partial charge >= 0.3 is 0 Å². The molecular formula is C25H25ClN8O2. The third-order valence-electron chi connectivity index (χ3n) is 5.53. The minimum atomic E-state index is 0.462. The molecular weight excluding hydrogens is 480 g/mol. The van der Waals surface area contributed by atoms with Gasteiger partial charge < -0.3 is 14.8 Å². The molecule has 0 radical (unpaired) electrons. The van der Waals surface area contributed by atoms with Crippen molar-refractivity contribution in [1.82, 2.24) is 24.8 Å². The average molecular weight is 505 g/mol. The standard InChI is InChI=1S/C25H25ClN8O2/c26-19-4-1-3-18(13-19)15-31-33-25-23-22(27-17-30-25)24(29-16-28-23)32-20-5-2-6-21(14-20)36-12-9-34-7-10-35-11-8-34/h1-6,13-17H,7-12H2,(H,27,30,33)(H,28,29,32). The van der Waals surface area contributed by atoms with E-state index in [1.165, 1.54) is 12.7 Å². The van der Waals surface area contributed by atoms with Crippen LogP contribution in [0.25, 0.3) is 11.0 Å². The van der Waals surface area contributed by atoms with Gasteiger partial charge in [0.05, 0.1) is 19.4 Å². The Morgan fingerprint density at radius 1 is 0.972 bits per heavy atom. The number of hydrogen-bond acceptors (Lipinski definition) is 10. The Kier molecular flexibility index (Phi) is 7.76. The van der Waals surface area contributed by atoms with E-state index in [4.69, 9.17) is 21.1 Å². The lowest BCUT2D eigenvalue weighted by atomic mass is 10.2. The van der Waals surface area contributed by atoms with Crippen molar-refractivity contribution < 1.29 is 9.47 Å². The summed E-state index contributed by atoms with van der Waals surface area (Å²) in [5.74, 6) is 1.79. The number of nitrogens with one attached hydrogen (secondary N) is 2. The fourth-order valence-electron chi connectivity index (χ4n) is 3.73. The van der Waals surface area contributed by atoms with Crippen molar-refractivity contribution in [3.05, 3.63) is 71.8 Å². The molecule has 0 amide bonds. The molecule has 0 saturated carbocycles. The largest absolute Gasteiger partial charge is 0.492 e. The van der Waals surface area contributed by atoms with E-state index in [9.17, 15) is 0 Å². The van der Waals surface area contributed by atoms with Crippen molar-refractivity contribution in [1.29, 1.82) is 0 Å². The first-order valence-electron chi connectivity index (χ1n) is 11.5. The SMILES string of the molecule is Clc1cccc(C=NNc2ncnc3c(Nc4cccc(OCCN5CCOCC5)c4)ncnc23)c1. The van der Waals surface area contributed by atoms with Gasteiger partial charge in [-0.2, -0.15) is 5.10 Å². The van der Waals surface area contributed by atoms with Crippen LogP contribution in [0.1, 0.15) is 5.56 Å². The van der Waals surface area contributed by atoms with Crippen molar-refractivity contribution in [3.63, 3.8) is 0 Å². The quantitative estimate of drug-likeness (QED) is 0.258. The van der Waals surface area contributed by atoms with E-state index in [0.717, 1.165) is 49.8 Å². The number of hydrogen-bond donors (Lipinski definition) is 2. The molecule has 1 fully saturated rings. The predicted molar refractivity (Wildman–Crippen MR) is 140 cm³/mol. The number of ether oxygens (including phenoxy) is 2. The van der Waals surface area contributed by atoms with Crippen LogP contribution < -0.4 is 15.5 Å². The minimum Gasteiger partial charge on any atom is -0.492 e. The zero-order valence-corrected chi connectivity index (χ0v) is 20.2. The summed E-state index contributed by atoms with van der Waals surface area (Å²) in [7, 11) is 0. The van der Waals surface area contributed by atoms with Gasteiger partial charge in [0, 0.05) is 36.4 Å². The van der Waals surface area contributed by atoms with Crippen LogP contribution in [0.5, 0.6) is 5.75 Å². The van der Waals surface area contributed by atoms with Crippen LogP contribution in [0.2, 0.25) is 5.02 Å². The molecule has 2 N–H and O–H groups in total. The maximum atomic E-state index is 6.03. The molecule has 5 rings (SSSR count). The summed E-state index contributed by atoms with van der Waals surface area (Å²) in [6.45, 7) is 4.91. The highest BCUT2D eigenvalue weighted by Crippen LogP contribution is 2.26. The van der Waals surface area contributed by atoms with E-state index in [-0.39, 0.29) is 0 Å². The molecule has 1 aliphatic rings. The number of aromatic nitrogens is 4. The minimum absolute atomic E-state index is 0.462. The van der Waals surface area contributed by atoms with Gasteiger partial charge in [-0.3, -0.25) is 10.3 Å². The maximum absolute atomic E-state index is 6.03. The second-order valence-corrected chi connectivity index (χ2v) is 8.46. The Bertz CT molecular complexity index is 1350. The number of rotatable bonds is 9. The third-order valence-corrected chi connectivity index (χ3v) is 5.76. The molecule has 10 nitrogen and oxygen atoms in total. The first kappa shape index (κ1) is 23.9. The van der Waals surface area contributed by atoms with Crippen LogP contribution in [0.3, 0.4) is 0 Å². The lowest BCUT2D eigenvalue weighted by Gasteiger charge is -2.26. The van der Waals surface area contributed by atoms with Gasteiger partial charge in [0.15, 0.2) is 11.6 Å². The monoisotopic (exact) mass is 504 g/mol. The molecule has 36 heavy (non-hydrogen) atoms. The molecule has 1 aliphatic heterocycles. The van der Waals surface area contributed by atoms with Gasteiger partial charge in [0.1, 0.15) is 36.0 Å². The Hall–Kier alpha value is -3.86. The van der Waals surface area contributed by atoms with E-state index in [1.807, 2.05) is 48.5 Å². The Morgan fingerprint density at radius 2 is 1.75 bits per heavy atom. The van der Waals surface area contributed by atoms with Gasteiger partial charge in [-0.25, -0.2) is 19.9 Å². The van der Waals surface area contributed by atoms with Gasteiger partial charge in [0.25, 0.3) is 0 Å². The average Bonchev–Trinajstić information content (AvgIpc) is 2.90. The lowest BCUT2D eigenvalue weighted by Crippen LogP contribution is -2.38. The molecule has 0 spiro atoms. The highest BCUT2D eigenvalue weighted by Gasteiger charge is 2.12. The zero-order chi connectivity index (χ0) is 24.6. The highest BCUT2D eigenvalue weighted by molar-refractivity contribution is 6.30. The van der Waals surface area contributed by atoms with Crippen molar-refractivity contribution in [2.45, 2.75) is 0 Å². The van der Waals surface area contributed by atoms with Crippen molar-refractivity contribution in [2.24, 2.45) is 5.10 Å². The predicted octanol–water partition coefficient (Wildman–Crippen LogP) is 3.97. The number of hydrazone groups is 1. The lowest BCUT2D eigenvalue weighted by molar-refractivity contribution is 0.0322. The first-order chi connectivity index (χ1) is 17.7. The summed E-state index contributed by atoms with van der Waals surface area (Å²) in [5.41, 5.74) is 5.71. The van der Waals surface area contributed by atoms with Gasteiger partial charge in [-0.15, -0.1) is 0 Å². The van der Waals surface area contributed by atoms with Crippen LogP contribution in [0.15, 0.2) is 66.3 Å². The highest BCUT2D eigenvalue weighted by atomic mass is 35.5. The molecule has 0 aliphatic carbocycles. The fourth-order valence-corrected chi connectivity index (χ4v) is 3.92. The van der Waals surface area contributed by atoms with E-state index in [1.54, 1.807) is 6.21 Å².